The molecule has 1 rings (SSSR count). The van der Waals surface area contributed by atoms with E-state index in [1.165, 1.54) is 20.0 Å². The normalized spacial score (nSPS) is 12.2. The predicted octanol–water partition coefficient (Wildman–Crippen LogP) is 3.43. The van der Waals surface area contributed by atoms with Crippen LogP contribution in [-0.2, 0) is 5.92 Å². The van der Waals surface area contributed by atoms with Crippen LogP contribution in [0, 0.1) is 9.49 Å². The molecule has 13 heavy (non-hydrogen) atoms. The van der Waals surface area contributed by atoms with Gasteiger partial charge in [0.05, 0.1) is 0 Å². The van der Waals surface area contributed by atoms with Gasteiger partial charge in [0.2, 0.25) is 0 Å². The van der Waals surface area contributed by atoms with E-state index in [0.717, 1.165) is 0 Å². The van der Waals surface area contributed by atoms with Crippen LogP contribution < -0.4 is 0 Å². The number of halogens is 3. The van der Waals surface area contributed by atoms with Crippen molar-refractivity contribution in [3.63, 3.8) is 0 Å². The van der Waals surface area contributed by atoms with Crippen LogP contribution in [0.2, 0.25) is 0 Å². The minimum atomic E-state index is -2.84. The number of alkyl halides is 2. The fraction of sp³-hybridized carbons (Fsp3) is 0.444. The van der Waals surface area contributed by atoms with Crippen molar-refractivity contribution in [3.05, 3.63) is 27.6 Å². The molecular formula is C9H10F2IN. The molecule has 1 nitrogen and oxygen atoms in total. The SMILES string of the molecule is CC(C)C(F)(F)c1ncccc1I. The summed E-state index contributed by atoms with van der Waals surface area (Å²) in [5, 5.41) is 0. The van der Waals surface area contributed by atoms with E-state index in [1.54, 1.807) is 12.1 Å². The van der Waals surface area contributed by atoms with Gasteiger partial charge in [-0.15, -0.1) is 0 Å². The van der Waals surface area contributed by atoms with Gasteiger partial charge in [0.1, 0.15) is 5.69 Å². The van der Waals surface area contributed by atoms with Gasteiger partial charge in [-0.25, -0.2) is 0 Å². The Labute approximate surface area is 89.7 Å². The largest absolute Gasteiger partial charge is 0.292 e. The van der Waals surface area contributed by atoms with Crippen LogP contribution in [0.4, 0.5) is 8.78 Å². The molecule has 1 aromatic heterocycles. The predicted molar refractivity (Wildman–Crippen MR) is 55.7 cm³/mol. The quantitative estimate of drug-likeness (QED) is 0.762. The lowest BCUT2D eigenvalue weighted by molar-refractivity contribution is -0.0562. The Morgan fingerprint density at radius 2 is 2.08 bits per heavy atom. The summed E-state index contributed by atoms with van der Waals surface area (Å²) < 4.78 is 27.5. The molecule has 0 atom stereocenters. The Kier molecular flexibility index (Phi) is 3.21. The lowest BCUT2D eigenvalue weighted by Gasteiger charge is -2.20. The van der Waals surface area contributed by atoms with Crippen molar-refractivity contribution in [2.24, 2.45) is 5.92 Å². The van der Waals surface area contributed by atoms with Crippen LogP contribution in [0.15, 0.2) is 18.3 Å². The zero-order valence-electron chi connectivity index (χ0n) is 7.39. The third kappa shape index (κ3) is 2.15. The van der Waals surface area contributed by atoms with Crippen molar-refractivity contribution in [1.82, 2.24) is 4.98 Å². The molecule has 0 radical (unpaired) electrons. The first kappa shape index (κ1) is 10.8. The Bertz CT molecular complexity index is 299. The van der Waals surface area contributed by atoms with Crippen LogP contribution in [0.25, 0.3) is 0 Å². The van der Waals surface area contributed by atoms with Crippen LogP contribution in [0.1, 0.15) is 19.5 Å². The lowest BCUT2D eigenvalue weighted by Crippen LogP contribution is -2.23. The third-order valence-corrected chi connectivity index (χ3v) is 2.67. The summed E-state index contributed by atoms with van der Waals surface area (Å²) >= 11 is 1.88. The minimum Gasteiger partial charge on any atom is -0.254 e. The topological polar surface area (TPSA) is 12.9 Å². The number of pyridine rings is 1. The van der Waals surface area contributed by atoms with Crippen molar-refractivity contribution < 1.29 is 8.78 Å². The summed E-state index contributed by atoms with van der Waals surface area (Å²) in [5.74, 6) is -3.56. The minimum absolute atomic E-state index is 0.120. The van der Waals surface area contributed by atoms with Crippen molar-refractivity contribution >= 4 is 22.6 Å². The summed E-state index contributed by atoms with van der Waals surface area (Å²) in [5.41, 5.74) is -0.120. The first-order chi connectivity index (χ1) is 5.96. The Morgan fingerprint density at radius 3 is 2.54 bits per heavy atom. The Balaban J connectivity index is 3.14. The maximum atomic E-state index is 13.5. The van der Waals surface area contributed by atoms with E-state index in [9.17, 15) is 8.78 Å². The summed E-state index contributed by atoms with van der Waals surface area (Å²) in [7, 11) is 0. The van der Waals surface area contributed by atoms with Crippen molar-refractivity contribution in [3.8, 4) is 0 Å². The molecule has 0 bridgehead atoms. The van der Waals surface area contributed by atoms with Gasteiger partial charge in [0.25, 0.3) is 5.92 Å². The number of hydrogen-bond donors (Lipinski definition) is 0. The first-order valence-electron chi connectivity index (χ1n) is 3.95. The lowest BCUT2D eigenvalue weighted by atomic mass is 10.0. The fourth-order valence-electron chi connectivity index (χ4n) is 0.904. The highest BCUT2D eigenvalue weighted by Gasteiger charge is 2.38. The molecule has 0 fully saturated rings. The van der Waals surface area contributed by atoms with E-state index in [1.807, 2.05) is 22.6 Å². The van der Waals surface area contributed by atoms with E-state index in [4.69, 9.17) is 0 Å². The highest BCUT2D eigenvalue weighted by Crippen LogP contribution is 2.36. The standard InChI is InChI=1S/C9H10F2IN/c1-6(2)9(10,11)8-7(12)4-3-5-13-8/h3-6H,1-2H3. The number of hydrogen-bond acceptors (Lipinski definition) is 1. The van der Waals surface area contributed by atoms with Crippen LogP contribution in [-0.4, -0.2) is 4.98 Å². The average Bonchev–Trinajstić information content (AvgIpc) is 2.04. The van der Waals surface area contributed by atoms with Gasteiger partial charge in [0, 0.05) is 15.7 Å². The molecule has 0 saturated heterocycles. The van der Waals surface area contributed by atoms with Crippen molar-refractivity contribution in [1.29, 1.82) is 0 Å². The molecule has 1 aromatic rings. The van der Waals surface area contributed by atoms with Crippen LogP contribution >= 0.6 is 22.6 Å². The zero-order chi connectivity index (χ0) is 10.1. The molecule has 0 spiro atoms. The van der Waals surface area contributed by atoms with E-state index in [-0.39, 0.29) is 5.69 Å². The molecule has 0 unspecified atom stereocenters. The van der Waals surface area contributed by atoms with Gasteiger partial charge in [-0.05, 0) is 34.7 Å². The van der Waals surface area contributed by atoms with Gasteiger partial charge in [-0.3, -0.25) is 4.98 Å². The van der Waals surface area contributed by atoms with Gasteiger partial charge in [-0.1, -0.05) is 13.8 Å². The second-order valence-electron chi connectivity index (χ2n) is 3.11. The van der Waals surface area contributed by atoms with E-state index < -0.39 is 11.8 Å². The van der Waals surface area contributed by atoms with Crippen LogP contribution in [0.3, 0.4) is 0 Å². The second-order valence-corrected chi connectivity index (χ2v) is 4.27. The number of nitrogens with zero attached hydrogens (tertiary/aromatic N) is 1. The second kappa shape index (κ2) is 3.86. The molecule has 0 amide bonds. The maximum absolute atomic E-state index is 13.5. The van der Waals surface area contributed by atoms with E-state index in [2.05, 4.69) is 4.98 Å². The van der Waals surface area contributed by atoms with Crippen LogP contribution in [0.5, 0.6) is 0 Å². The maximum Gasteiger partial charge on any atom is 0.292 e. The van der Waals surface area contributed by atoms with Crippen molar-refractivity contribution in [2.45, 2.75) is 19.8 Å². The molecule has 0 aliphatic carbocycles. The average molecular weight is 297 g/mol. The molecule has 0 aliphatic rings. The Hall–Kier alpha value is -0.260. The van der Waals surface area contributed by atoms with Gasteiger partial charge in [-0.2, -0.15) is 8.78 Å². The summed E-state index contributed by atoms with van der Waals surface area (Å²) in [6.07, 6.45) is 1.40. The molecule has 1 heterocycles. The first-order valence-corrected chi connectivity index (χ1v) is 5.03. The van der Waals surface area contributed by atoms with E-state index >= 15 is 0 Å². The molecule has 0 aliphatic heterocycles. The Morgan fingerprint density at radius 1 is 1.46 bits per heavy atom. The summed E-state index contributed by atoms with van der Waals surface area (Å²) in [4.78, 5) is 3.71. The van der Waals surface area contributed by atoms with Gasteiger partial charge >= 0.3 is 0 Å². The smallest absolute Gasteiger partial charge is 0.254 e. The highest BCUT2D eigenvalue weighted by molar-refractivity contribution is 14.1. The molecule has 4 heteroatoms. The number of rotatable bonds is 2. The molecule has 0 aromatic carbocycles. The van der Waals surface area contributed by atoms with Crippen molar-refractivity contribution in [2.75, 3.05) is 0 Å². The highest BCUT2D eigenvalue weighted by atomic mass is 127. The number of aromatic nitrogens is 1. The van der Waals surface area contributed by atoms with E-state index in [0.29, 0.717) is 3.57 Å². The molecule has 0 N–H and O–H groups in total. The summed E-state index contributed by atoms with van der Waals surface area (Å²) in [6, 6.07) is 3.29. The van der Waals surface area contributed by atoms with Gasteiger partial charge in [0.15, 0.2) is 0 Å². The van der Waals surface area contributed by atoms with Gasteiger partial charge < -0.3 is 0 Å². The fourth-order valence-corrected chi connectivity index (χ4v) is 1.61. The molecular weight excluding hydrogens is 287 g/mol. The monoisotopic (exact) mass is 297 g/mol. The molecule has 72 valence electrons. The summed E-state index contributed by atoms with van der Waals surface area (Å²) in [6.45, 7) is 2.98. The zero-order valence-corrected chi connectivity index (χ0v) is 9.55. The third-order valence-electron chi connectivity index (χ3n) is 1.80. The molecule has 0 saturated carbocycles.